The van der Waals surface area contributed by atoms with Gasteiger partial charge in [-0.3, -0.25) is 4.79 Å². The van der Waals surface area contributed by atoms with Crippen LogP contribution < -0.4 is 4.74 Å². The van der Waals surface area contributed by atoms with Crippen molar-refractivity contribution < 1.29 is 18.7 Å². The zero-order chi connectivity index (χ0) is 18.8. The molecule has 6 nitrogen and oxygen atoms in total. The van der Waals surface area contributed by atoms with Crippen LogP contribution in [-0.2, 0) is 9.53 Å². The SMILES string of the molecule is COc1ccc(-c2ccc(/C=C3\SC(=S)N(N4CCOCC4)C3=O)o2)cc1. The molecule has 0 aliphatic carbocycles. The van der Waals surface area contributed by atoms with Crippen molar-refractivity contribution in [2.45, 2.75) is 0 Å². The van der Waals surface area contributed by atoms with E-state index in [-0.39, 0.29) is 5.91 Å². The third kappa shape index (κ3) is 3.79. The Bertz CT molecular complexity index is 885. The number of carbonyl (C=O) groups is 1. The first-order valence-electron chi connectivity index (χ1n) is 8.50. The number of furan rings is 1. The first-order chi connectivity index (χ1) is 13.2. The van der Waals surface area contributed by atoms with Crippen LogP contribution in [0.5, 0.6) is 5.75 Å². The number of thioether (sulfide) groups is 1. The number of ether oxygens (including phenoxy) is 2. The molecule has 2 aromatic rings. The predicted octanol–water partition coefficient (Wildman–Crippen LogP) is 3.40. The number of benzene rings is 1. The second kappa shape index (κ2) is 7.85. The lowest BCUT2D eigenvalue weighted by atomic mass is 10.2. The lowest BCUT2D eigenvalue weighted by Crippen LogP contribution is -2.50. The summed E-state index contributed by atoms with van der Waals surface area (Å²) in [5.41, 5.74) is 0.941. The van der Waals surface area contributed by atoms with Gasteiger partial charge in [-0.05, 0) is 36.4 Å². The molecule has 2 aliphatic heterocycles. The van der Waals surface area contributed by atoms with Gasteiger partial charge in [0.15, 0.2) is 4.32 Å². The van der Waals surface area contributed by atoms with Crippen LogP contribution in [0.3, 0.4) is 0 Å². The standard InChI is InChI=1S/C19H18N2O4S2/c1-23-14-4-2-13(3-5-14)16-7-6-15(25-16)12-17-18(22)21(19(26)27-17)20-8-10-24-11-9-20/h2-7,12H,8-11H2,1H3/b17-12-. The molecule has 3 heterocycles. The van der Waals surface area contributed by atoms with Crippen molar-refractivity contribution in [1.82, 2.24) is 10.0 Å². The molecule has 0 atom stereocenters. The van der Waals surface area contributed by atoms with Crippen LogP contribution in [0, 0.1) is 0 Å². The number of methoxy groups -OCH3 is 1. The summed E-state index contributed by atoms with van der Waals surface area (Å²) < 4.78 is 16.9. The molecule has 2 aliphatic rings. The van der Waals surface area contributed by atoms with Crippen LogP contribution in [0.4, 0.5) is 0 Å². The summed E-state index contributed by atoms with van der Waals surface area (Å²) in [6, 6.07) is 11.4. The van der Waals surface area contributed by atoms with Gasteiger partial charge in [-0.25, -0.2) is 10.0 Å². The molecule has 0 radical (unpaired) electrons. The van der Waals surface area contributed by atoms with Gasteiger partial charge in [0.25, 0.3) is 5.91 Å². The monoisotopic (exact) mass is 402 g/mol. The number of rotatable bonds is 4. The Kier molecular flexibility index (Phi) is 5.31. The van der Waals surface area contributed by atoms with Crippen LogP contribution in [0.25, 0.3) is 17.4 Å². The van der Waals surface area contributed by atoms with Crippen LogP contribution >= 0.6 is 24.0 Å². The average molecular weight is 402 g/mol. The van der Waals surface area contributed by atoms with Crippen molar-refractivity contribution in [2.75, 3.05) is 33.4 Å². The predicted molar refractivity (Wildman–Crippen MR) is 108 cm³/mol. The van der Waals surface area contributed by atoms with Crippen molar-refractivity contribution >= 4 is 40.3 Å². The van der Waals surface area contributed by atoms with Gasteiger partial charge in [-0.15, -0.1) is 0 Å². The molecule has 1 aromatic heterocycles. The van der Waals surface area contributed by atoms with E-state index in [1.807, 2.05) is 41.4 Å². The number of carbonyl (C=O) groups excluding carboxylic acids is 1. The molecule has 8 heteroatoms. The van der Waals surface area contributed by atoms with Crippen molar-refractivity contribution in [3.8, 4) is 17.1 Å². The van der Waals surface area contributed by atoms with Gasteiger partial charge >= 0.3 is 0 Å². The third-order valence-corrected chi connectivity index (χ3v) is 5.60. The summed E-state index contributed by atoms with van der Waals surface area (Å²) in [6.45, 7) is 2.50. The first kappa shape index (κ1) is 18.2. The van der Waals surface area contributed by atoms with Crippen LogP contribution in [0.15, 0.2) is 45.7 Å². The Morgan fingerprint density at radius 3 is 2.59 bits per heavy atom. The van der Waals surface area contributed by atoms with Crippen molar-refractivity contribution in [2.24, 2.45) is 0 Å². The quantitative estimate of drug-likeness (QED) is 0.574. The Morgan fingerprint density at radius 1 is 1.15 bits per heavy atom. The van der Waals surface area contributed by atoms with E-state index in [1.165, 1.54) is 11.8 Å². The number of amides is 1. The van der Waals surface area contributed by atoms with Crippen molar-refractivity contribution in [1.29, 1.82) is 0 Å². The highest BCUT2D eigenvalue weighted by molar-refractivity contribution is 8.26. The minimum absolute atomic E-state index is 0.116. The first-order valence-corrected chi connectivity index (χ1v) is 9.73. The summed E-state index contributed by atoms with van der Waals surface area (Å²) in [5, 5.41) is 3.51. The fourth-order valence-corrected chi connectivity index (χ4v) is 4.22. The van der Waals surface area contributed by atoms with Crippen molar-refractivity contribution in [3.05, 3.63) is 47.1 Å². The van der Waals surface area contributed by atoms with E-state index in [1.54, 1.807) is 18.2 Å². The number of hydrogen-bond donors (Lipinski definition) is 0. The fraction of sp³-hybridized carbons (Fsp3) is 0.263. The summed E-state index contributed by atoms with van der Waals surface area (Å²) in [5.74, 6) is 2.02. The zero-order valence-electron chi connectivity index (χ0n) is 14.7. The summed E-state index contributed by atoms with van der Waals surface area (Å²) in [7, 11) is 1.63. The van der Waals surface area contributed by atoms with E-state index >= 15 is 0 Å². The van der Waals surface area contributed by atoms with Gasteiger partial charge in [-0.1, -0.05) is 24.0 Å². The second-order valence-electron chi connectivity index (χ2n) is 5.99. The molecule has 2 fully saturated rings. The molecule has 0 saturated carbocycles. The Balaban J connectivity index is 1.52. The molecule has 4 rings (SSSR count). The van der Waals surface area contributed by atoms with Gasteiger partial charge in [0.1, 0.15) is 17.3 Å². The third-order valence-electron chi connectivity index (χ3n) is 4.32. The van der Waals surface area contributed by atoms with Crippen LogP contribution in [-0.4, -0.2) is 53.7 Å². The normalized spacial score (nSPS) is 19.9. The molecule has 0 N–H and O–H groups in total. The molecule has 0 unspecified atom stereocenters. The van der Waals surface area contributed by atoms with Gasteiger partial charge < -0.3 is 13.9 Å². The van der Waals surface area contributed by atoms with Gasteiger partial charge in [-0.2, -0.15) is 0 Å². The van der Waals surface area contributed by atoms with E-state index in [9.17, 15) is 4.79 Å². The summed E-state index contributed by atoms with van der Waals surface area (Å²) >= 11 is 6.69. The topological polar surface area (TPSA) is 55.2 Å². The van der Waals surface area contributed by atoms with E-state index in [2.05, 4.69) is 0 Å². The molecule has 0 spiro atoms. The maximum Gasteiger partial charge on any atom is 0.281 e. The maximum atomic E-state index is 12.8. The molecule has 1 amide bonds. The number of nitrogens with zero attached hydrogens (tertiary/aromatic N) is 2. The second-order valence-corrected chi connectivity index (χ2v) is 7.67. The maximum absolute atomic E-state index is 12.8. The number of hydrazine groups is 1. The minimum Gasteiger partial charge on any atom is -0.497 e. The Morgan fingerprint density at radius 2 is 1.89 bits per heavy atom. The van der Waals surface area contributed by atoms with Crippen LogP contribution in [0.2, 0.25) is 0 Å². The summed E-state index contributed by atoms with van der Waals surface area (Å²) in [4.78, 5) is 13.3. The molecule has 0 bridgehead atoms. The zero-order valence-corrected chi connectivity index (χ0v) is 16.3. The number of morpholine rings is 1. The van der Waals surface area contributed by atoms with E-state index in [0.29, 0.717) is 41.3 Å². The van der Waals surface area contributed by atoms with Gasteiger partial charge in [0, 0.05) is 24.7 Å². The average Bonchev–Trinajstić information content (AvgIpc) is 3.27. The largest absolute Gasteiger partial charge is 0.497 e. The van der Waals surface area contributed by atoms with Crippen LogP contribution in [0.1, 0.15) is 5.76 Å². The van der Waals surface area contributed by atoms with E-state index in [0.717, 1.165) is 17.1 Å². The molecule has 2 saturated heterocycles. The molecule has 1 aromatic carbocycles. The lowest BCUT2D eigenvalue weighted by molar-refractivity contribution is -0.138. The number of thiocarbonyl (C=S) groups is 1. The van der Waals surface area contributed by atoms with E-state index < -0.39 is 0 Å². The van der Waals surface area contributed by atoms with E-state index in [4.69, 9.17) is 26.1 Å². The fourth-order valence-electron chi connectivity index (χ4n) is 2.93. The molecule has 27 heavy (non-hydrogen) atoms. The highest BCUT2D eigenvalue weighted by Gasteiger charge is 2.37. The highest BCUT2D eigenvalue weighted by Crippen LogP contribution is 2.35. The van der Waals surface area contributed by atoms with Crippen molar-refractivity contribution in [3.63, 3.8) is 0 Å². The Hall–Kier alpha value is -2.13. The highest BCUT2D eigenvalue weighted by atomic mass is 32.2. The van der Waals surface area contributed by atoms with Gasteiger partial charge in [0.2, 0.25) is 0 Å². The molecule has 140 valence electrons. The minimum atomic E-state index is -0.116. The lowest BCUT2D eigenvalue weighted by Gasteiger charge is -2.33. The molecular weight excluding hydrogens is 384 g/mol. The Labute approximate surface area is 166 Å². The van der Waals surface area contributed by atoms with Gasteiger partial charge in [0.05, 0.1) is 25.2 Å². The number of hydrogen-bond acceptors (Lipinski definition) is 7. The summed E-state index contributed by atoms with van der Waals surface area (Å²) in [6.07, 6.45) is 1.74. The molecular formula is C19H18N2O4S2. The smallest absolute Gasteiger partial charge is 0.281 e.